The van der Waals surface area contributed by atoms with Crippen molar-refractivity contribution < 1.29 is 9.47 Å². The predicted molar refractivity (Wildman–Crippen MR) is 102 cm³/mol. The van der Waals surface area contributed by atoms with Gasteiger partial charge < -0.3 is 20.1 Å². The number of benzene rings is 2. The molecular weight excluding hydrogens is 314 g/mol. The highest BCUT2D eigenvalue weighted by Gasteiger charge is 2.10. The summed E-state index contributed by atoms with van der Waals surface area (Å²) in [6.07, 6.45) is 0.878. The summed E-state index contributed by atoms with van der Waals surface area (Å²) < 4.78 is 11.2. The second kappa shape index (κ2) is 11.1. The molecule has 134 valence electrons. The molecule has 0 saturated heterocycles. The van der Waals surface area contributed by atoms with Crippen LogP contribution in [-0.4, -0.2) is 39.8 Å². The lowest BCUT2D eigenvalue weighted by molar-refractivity contribution is 0.106. The number of nitrogens with one attached hydrogen (secondary N) is 2. The lowest BCUT2D eigenvalue weighted by Gasteiger charge is -2.18. The Bertz CT molecular complexity index is 617. The normalized spacial score (nSPS) is 12.5. The van der Waals surface area contributed by atoms with Gasteiger partial charge >= 0.3 is 0 Å². The van der Waals surface area contributed by atoms with E-state index in [1.165, 1.54) is 0 Å². The minimum absolute atomic E-state index is 0.0128. The molecule has 5 nitrogen and oxygen atoms in total. The predicted octanol–water partition coefficient (Wildman–Crippen LogP) is 3.01. The second-order valence-electron chi connectivity index (χ2n) is 5.53. The summed E-state index contributed by atoms with van der Waals surface area (Å²) in [4.78, 5) is 4.24. The maximum Gasteiger partial charge on any atom is 0.191 e. The molecule has 0 radical (unpaired) electrons. The molecule has 0 aliphatic heterocycles. The zero-order chi connectivity index (χ0) is 17.7. The lowest BCUT2D eigenvalue weighted by atomic mass is 10.1. The van der Waals surface area contributed by atoms with Crippen molar-refractivity contribution in [1.29, 1.82) is 0 Å². The average molecular weight is 341 g/mol. The van der Waals surface area contributed by atoms with Crippen LogP contribution in [0.1, 0.15) is 18.1 Å². The number of hydrogen-bond donors (Lipinski definition) is 2. The van der Waals surface area contributed by atoms with E-state index in [1.54, 1.807) is 14.2 Å². The van der Waals surface area contributed by atoms with Crippen molar-refractivity contribution in [1.82, 2.24) is 10.6 Å². The van der Waals surface area contributed by atoms with Crippen LogP contribution < -0.4 is 15.4 Å². The Hall–Kier alpha value is -2.53. The quantitative estimate of drug-likeness (QED) is 0.418. The molecule has 1 unspecified atom stereocenters. The summed E-state index contributed by atoms with van der Waals surface area (Å²) >= 11 is 0. The largest absolute Gasteiger partial charge is 0.494 e. The minimum atomic E-state index is -0.0128. The standard InChI is InChI=1S/C20H27N3O2/c1-21-20(22-14-9-15-25-18-12-7-4-8-13-18)23-16-19(24-2)17-10-5-3-6-11-17/h3-8,10-13,19H,9,14-16H2,1-2H3,(H2,21,22,23). The van der Waals surface area contributed by atoms with E-state index < -0.39 is 0 Å². The van der Waals surface area contributed by atoms with E-state index in [1.807, 2.05) is 48.5 Å². The Morgan fingerprint density at radius 2 is 1.68 bits per heavy atom. The van der Waals surface area contributed by atoms with Gasteiger partial charge in [0.05, 0.1) is 12.7 Å². The highest BCUT2D eigenvalue weighted by molar-refractivity contribution is 5.79. The molecule has 2 aromatic rings. The van der Waals surface area contributed by atoms with Crippen LogP contribution in [0, 0.1) is 0 Å². The van der Waals surface area contributed by atoms with Crippen LogP contribution in [0.5, 0.6) is 5.75 Å². The topological polar surface area (TPSA) is 54.9 Å². The maximum atomic E-state index is 5.67. The third-order valence-corrected chi connectivity index (χ3v) is 3.76. The lowest BCUT2D eigenvalue weighted by Crippen LogP contribution is -2.40. The Morgan fingerprint density at radius 3 is 2.32 bits per heavy atom. The monoisotopic (exact) mass is 341 g/mol. The van der Waals surface area contributed by atoms with Crippen molar-refractivity contribution >= 4 is 5.96 Å². The summed E-state index contributed by atoms with van der Waals surface area (Å²) in [5, 5.41) is 6.59. The summed E-state index contributed by atoms with van der Waals surface area (Å²) in [5.74, 6) is 1.66. The van der Waals surface area contributed by atoms with Gasteiger partial charge in [0, 0.05) is 27.2 Å². The number of ether oxygens (including phenoxy) is 2. The molecule has 2 N–H and O–H groups in total. The molecule has 0 aliphatic rings. The first kappa shape index (κ1) is 18.8. The highest BCUT2D eigenvalue weighted by atomic mass is 16.5. The Balaban J connectivity index is 1.66. The smallest absolute Gasteiger partial charge is 0.191 e. The van der Waals surface area contributed by atoms with Gasteiger partial charge in [0.1, 0.15) is 5.75 Å². The maximum absolute atomic E-state index is 5.67. The number of hydrogen-bond acceptors (Lipinski definition) is 3. The third kappa shape index (κ3) is 6.85. The van der Waals surface area contributed by atoms with Crippen LogP contribution in [0.2, 0.25) is 0 Å². The van der Waals surface area contributed by atoms with Gasteiger partial charge in [-0.2, -0.15) is 0 Å². The zero-order valence-electron chi connectivity index (χ0n) is 14.9. The van der Waals surface area contributed by atoms with Gasteiger partial charge in [-0.3, -0.25) is 4.99 Å². The van der Waals surface area contributed by atoms with Crippen molar-refractivity contribution in [2.45, 2.75) is 12.5 Å². The number of aliphatic imine (C=N–C) groups is 1. The summed E-state index contributed by atoms with van der Waals surface area (Å²) in [5.41, 5.74) is 1.14. The summed E-state index contributed by atoms with van der Waals surface area (Å²) in [6, 6.07) is 20.0. The number of guanidine groups is 1. The molecule has 2 aromatic carbocycles. The zero-order valence-corrected chi connectivity index (χ0v) is 14.9. The van der Waals surface area contributed by atoms with Gasteiger partial charge in [-0.15, -0.1) is 0 Å². The van der Waals surface area contributed by atoms with Gasteiger partial charge in [-0.1, -0.05) is 48.5 Å². The molecule has 1 atom stereocenters. The van der Waals surface area contributed by atoms with Crippen molar-refractivity contribution in [3.8, 4) is 5.75 Å². The molecule has 0 amide bonds. The third-order valence-electron chi connectivity index (χ3n) is 3.76. The fourth-order valence-corrected chi connectivity index (χ4v) is 2.40. The van der Waals surface area contributed by atoms with Gasteiger partial charge in [-0.05, 0) is 24.1 Å². The molecule has 0 heterocycles. The van der Waals surface area contributed by atoms with E-state index in [4.69, 9.17) is 9.47 Å². The van der Waals surface area contributed by atoms with Gasteiger partial charge in [0.25, 0.3) is 0 Å². The first-order valence-electron chi connectivity index (χ1n) is 8.53. The SMILES string of the molecule is CN=C(NCCCOc1ccccc1)NCC(OC)c1ccccc1. The molecule has 0 saturated carbocycles. The molecule has 0 spiro atoms. The van der Waals surface area contributed by atoms with E-state index in [2.05, 4.69) is 27.8 Å². The fourth-order valence-electron chi connectivity index (χ4n) is 2.40. The molecule has 0 aliphatic carbocycles. The number of methoxy groups -OCH3 is 1. The summed E-state index contributed by atoms with van der Waals surface area (Å²) in [7, 11) is 3.48. The van der Waals surface area contributed by atoms with Crippen LogP contribution in [-0.2, 0) is 4.74 Å². The van der Waals surface area contributed by atoms with Crippen molar-refractivity contribution in [2.75, 3.05) is 33.9 Å². The fraction of sp³-hybridized carbons (Fsp3) is 0.350. The number of nitrogens with zero attached hydrogens (tertiary/aromatic N) is 1. The molecule has 0 bridgehead atoms. The first-order valence-corrected chi connectivity index (χ1v) is 8.53. The average Bonchev–Trinajstić information content (AvgIpc) is 2.68. The number of rotatable bonds is 9. The first-order chi connectivity index (χ1) is 12.3. The molecular formula is C20H27N3O2. The van der Waals surface area contributed by atoms with Crippen LogP contribution in [0.3, 0.4) is 0 Å². The Morgan fingerprint density at radius 1 is 1.00 bits per heavy atom. The molecule has 0 aromatic heterocycles. The van der Waals surface area contributed by atoms with Crippen molar-refractivity contribution in [3.63, 3.8) is 0 Å². The highest BCUT2D eigenvalue weighted by Crippen LogP contribution is 2.14. The number of para-hydroxylation sites is 1. The summed E-state index contributed by atoms with van der Waals surface area (Å²) in [6.45, 7) is 2.11. The van der Waals surface area contributed by atoms with Gasteiger partial charge in [0.2, 0.25) is 0 Å². The van der Waals surface area contributed by atoms with Crippen LogP contribution in [0.15, 0.2) is 65.7 Å². The molecule has 0 fully saturated rings. The van der Waals surface area contributed by atoms with Gasteiger partial charge in [0.15, 0.2) is 5.96 Å². The van der Waals surface area contributed by atoms with E-state index in [0.29, 0.717) is 13.2 Å². The Kier molecular flexibility index (Phi) is 8.35. The van der Waals surface area contributed by atoms with E-state index in [0.717, 1.165) is 30.2 Å². The molecule has 25 heavy (non-hydrogen) atoms. The van der Waals surface area contributed by atoms with Crippen molar-refractivity contribution in [2.24, 2.45) is 4.99 Å². The molecule has 5 heteroatoms. The van der Waals surface area contributed by atoms with Crippen LogP contribution in [0.4, 0.5) is 0 Å². The van der Waals surface area contributed by atoms with E-state index >= 15 is 0 Å². The van der Waals surface area contributed by atoms with E-state index in [-0.39, 0.29) is 6.10 Å². The van der Waals surface area contributed by atoms with Crippen LogP contribution >= 0.6 is 0 Å². The molecule has 2 rings (SSSR count). The van der Waals surface area contributed by atoms with Gasteiger partial charge in [-0.25, -0.2) is 0 Å². The Labute approximate surface area is 150 Å². The minimum Gasteiger partial charge on any atom is -0.494 e. The van der Waals surface area contributed by atoms with Crippen LogP contribution in [0.25, 0.3) is 0 Å². The van der Waals surface area contributed by atoms with Crippen molar-refractivity contribution in [3.05, 3.63) is 66.2 Å². The van der Waals surface area contributed by atoms with E-state index in [9.17, 15) is 0 Å². The second-order valence-corrected chi connectivity index (χ2v) is 5.53.